The normalized spacial score (nSPS) is 17.6. The van der Waals surface area contributed by atoms with Gasteiger partial charge in [0.15, 0.2) is 11.5 Å². The van der Waals surface area contributed by atoms with E-state index < -0.39 is 5.41 Å². The molecule has 0 spiro atoms. The highest BCUT2D eigenvalue weighted by Crippen LogP contribution is 2.41. The summed E-state index contributed by atoms with van der Waals surface area (Å²) in [6.07, 6.45) is 6.47. The predicted molar refractivity (Wildman–Crippen MR) is 73.4 cm³/mol. The molecule has 0 atom stereocenters. The monoisotopic (exact) mass is 265 g/mol. The molecule has 106 valence electrons. The Morgan fingerprint density at radius 3 is 2.74 bits per heavy atom. The number of rotatable bonds is 6. The van der Waals surface area contributed by atoms with Gasteiger partial charge in [-0.05, 0) is 19.3 Å². The molecule has 0 radical (unpaired) electrons. The summed E-state index contributed by atoms with van der Waals surface area (Å²) in [5, 5.41) is 4.26. The fraction of sp³-hybridized carbons (Fsp3) is 0.714. The number of nitrogens with two attached hydrogens (primary N) is 1. The Balaban J connectivity index is 2.39. The number of ketones is 1. The summed E-state index contributed by atoms with van der Waals surface area (Å²) < 4.78 is 7.06. The number of nitrogens with zero attached hydrogens (tertiary/aromatic N) is 2. The van der Waals surface area contributed by atoms with Gasteiger partial charge in [-0.25, -0.2) is 0 Å². The highest BCUT2D eigenvalue weighted by molar-refractivity contribution is 6.01. The predicted octanol–water partition coefficient (Wildman–Crippen LogP) is 2.00. The molecule has 1 saturated carbocycles. The van der Waals surface area contributed by atoms with Gasteiger partial charge in [0.05, 0.1) is 13.3 Å². The number of hydrogen-bond donors (Lipinski definition) is 1. The quantitative estimate of drug-likeness (QED) is 0.799. The summed E-state index contributed by atoms with van der Waals surface area (Å²) in [6, 6.07) is 0. The Kier molecular flexibility index (Phi) is 4.24. The van der Waals surface area contributed by atoms with Crippen molar-refractivity contribution in [1.82, 2.24) is 9.78 Å². The Bertz CT molecular complexity index is 448. The van der Waals surface area contributed by atoms with Gasteiger partial charge in [-0.15, -0.1) is 0 Å². The minimum Gasteiger partial charge on any atom is -0.493 e. The van der Waals surface area contributed by atoms with Gasteiger partial charge >= 0.3 is 0 Å². The summed E-state index contributed by atoms with van der Waals surface area (Å²) >= 11 is 0. The molecular formula is C14H23N3O2. The van der Waals surface area contributed by atoms with Crippen molar-refractivity contribution in [2.24, 2.45) is 11.1 Å². The van der Waals surface area contributed by atoms with E-state index in [0.29, 0.717) is 18.0 Å². The summed E-state index contributed by atoms with van der Waals surface area (Å²) in [4.78, 5) is 12.9. The maximum Gasteiger partial charge on any atom is 0.192 e. The van der Waals surface area contributed by atoms with Crippen molar-refractivity contribution in [3.05, 3.63) is 11.9 Å². The summed E-state index contributed by atoms with van der Waals surface area (Å²) in [5.74, 6) is 0.675. The van der Waals surface area contributed by atoms with Crippen LogP contribution in [0.25, 0.3) is 0 Å². The van der Waals surface area contributed by atoms with Gasteiger partial charge < -0.3 is 10.5 Å². The first-order valence-electron chi connectivity index (χ1n) is 7.03. The van der Waals surface area contributed by atoms with Crippen LogP contribution in [0.15, 0.2) is 6.20 Å². The summed E-state index contributed by atoms with van der Waals surface area (Å²) in [5.41, 5.74) is 6.09. The molecule has 1 aromatic heterocycles. The van der Waals surface area contributed by atoms with E-state index in [9.17, 15) is 4.79 Å². The summed E-state index contributed by atoms with van der Waals surface area (Å²) in [7, 11) is 1.58. The van der Waals surface area contributed by atoms with Crippen LogP contribution in [0.5, 0.6) is 5.75 Å². The fourth-order valence-electron chi connectivity index (χ4n) is 2.95. The van der Waals surface area contributed by atoms with Gasteiger partial charge in [0.1, 0.15) is 5.69 Å². The number of ether oxygens (including phenoxy) is 1. The maximum absolute atomic E-state index is 12.9. The van der Waals surface area contributed by atoms with Gasteiger partial charge in [-0.3, -0.25) is 9.48 Å². The zero-order valence-corrected chi connectivity index (χ0v) is 11.8. The number of aromatic nitrogens is 2. The van der Waals surface area contributed by atoms with Crippen LogP contribution in [-0.4, -0.2) is 29.2 Å². The molecule has 0 unspecified atom stereocenters. The first-order chi connectivity index (χ1) is 9.18. The zero-order valence-electron chi connectivity index (χ0n) is 11.8. The largest absolute Gasteiger partial charge is 0.493 e. The molecule has 2 rings (SSSR count). The van der Waals surface area contributed by atoms with Crippen molar-refractivity contribution in [2.75, 3.05) is 13.7 Å². The molecule has 5 heteroatoms. The average molecular weight is 265 g/mol. The molecule has 1 heterocycles. The van der Waals surface area contributed by atoms with E-state index in [1.807, 2.05) is 0 Å². The lowest BCUT2D eigenvalue weighted by molar-refractivity contribution is 0.0794. The molecule has 1 fully saturated rings. The van der Waals surface area contributed by atoms with Gasteiger partial charge in [0.25, 0.3) is 0 Å². The van der Waals surface area contributed by atoms with E-state index in [1.165, 1.54) is 0 Å². The lowest BCUT2D eigenvalue weighted by Gasteiger charge is -2.25. The second-order valence-electron chi connectivity index (χ2n) is 5.31. The van der Waals surface area contributed by atoms with E-state index in [4.69, 9.17) is 10.5 Å². The van der Waals surface area contributed by atoms with E-state index >= 15 is 0 Å². The number of carbonyl (C=O) groups excluding carboxylic acids is 1. The number of Topliss-reactive ketones (excluding diaryl/α,β-unsaturated/α-hetero) is 1. The van der Waals surface area contributed by atoms with E-state index in [0.717, 1.165) is 38.6 Å². The van der Waals surface area contributed by atoms with Crippen LogP contribution < -0.4 is 10.5 Å². The van der Waals surface area contributed by atoms with E-state index in [1.54, 1.807) is 18.0 Å². The minimum atomic E-state index is -0.404. The second kappa shape index (κ2) is 5.74. The third-order valence-electron chi connectivity index (χ3n) is 4.11. The van der Waals surface area contributed by atoms with Gasteiger partial charge in [0.2, 0.25) is 0 Å². The highest BCUT2D eigenvalue weighted by Gasteiger charge is 2.42. The van der Waals surface area contributed by atoms with Crippen molar-refractivity contribution < 1.29 is 9.53 Å². The molecule has 0 saturated heterocycles. The Morgan fingerprint density at radius 2 is 2.21 bits per heavy atom. The molecule has 1 aromatic rings. The van der Waals surface area contributed by atoms with Gasteiger partial charge in [0, 0.05) is 18.5 Å². The molecule has 19 heavy (non-hydrogen) atoms. The second-order valence-corrected chi connectivity index (χ2v) is 5.31. The molecule has 2 N–H and O–H groups in total. The van der Waals surface area contributed by atoms with E-state index in [-0.39, 0.29) is 5.78 Å². The molecule has 0 amide bonds. The fourth-order valence-corrected chi connectivity index (χ4v) is 2.95. The van der Waals surface area contributed by atoms with Gasteiger partial charge in [-0.2, -0.15) is 5.10 Å². The highest BCUT2D eigenvalue weighted by atomic mass is 16.5. The van der Waals surface area contributed by atoms with Crippen LogP contribution in [0.4, 0.5) is 0 Å². The van der Waals surface area contributed by atoms with Crippen LogP contribution in [0.2, 0.25) is 0 Å². The minimum absolute atomic E-state index is 0.107. The number of methoxy groups -OCH3 is 1. The van der Waals surface area contributed by atoms with Crippen molar-refractivity contribution in [3.8, 4) is 5.75 Å². The number of hydrogen-bond acceptors (Lipinski definition) is 4. The first-order valence-corrected chi connectivity index (χ1v) is 7.03. The van der Waals surface area contributed by atoms with Crippen LogP contribution >= 0.6 is 0 Å². The SMILES string of the molecule is CCCn1ncc(OC)c1C(=O)C1(CN)CCCC1. The molecule has 0 bridgehead atoms. The Hall–Kier alpha value is -1.36. The molecule has 5 nitrogen and oxygen atoms in total. The van der Waals surface area contributed by atoms with Crippen molar-refractivity contribution in [1.29, 1.82) is 0 Å². The van der Waals surface area contributed by atoms with Crippen molar-refractivity contribution in [2.45, 2.75) is 45.6 Å². The smallest absolute Gasteiger partial charge is 0.192 e. The third-order valence-corrected chi connectivity index (χ3v) is 4.11. The first kappa shape index (κ1) is 14.1. The molecular weight excluding hydrogens is 242 g/mol. The standard InChI is InChI=1S/C14H23N3O2/c1-3-8-17-12(11(19-2)9-16-17)13(18)14(10-15)6-4-5-7-14/h9H,3-8,10,15H2,1-2H3. The van der Waals surface area contributed by atoms with Crippen LogP contribution in [0.1, 0.15) is 49.5 Å². The molecule has 0 aliphatic heterocycles. The summed E-state index contributed by atoms with van der Waals surface area (Å²) in [6.45, 7) is 3.20. The number of carbonyl (C=O) groups is 1. The van der Waals surface area contributed by atoms with Crippen molar-refractivity contribution in [3.63, 3.8) is 0 Å². The Morgan fingerprint density at radius 1 is 1.53 bits per heavy atom. The molecule has 1 aliphatic rings. The van der Waals surface area contributed by atoms with E-state index in [2.05, 4.69) is 12.0 Å². The van der Waals surface area contributed by atoms with Crippen molar-refractivity contribution >= 4 is 5.78 Å². The average Bonchev–Trinajstić information content (AvgIpc) is 3.05. The lowest BCUT2D eigenvalue weighted by atomic mass is 9.80. The third kappa shape index (κ3) is 2.39. The van der Waals surface area contributed by atoms with Crippen LogP contribution in [0, 0.1) is 5.41 Å². The maximum atomic E-state index is 12.9. The number of aryl methyl sites for hydroxylation is 1. The molecule has 1 aliphatic carbocycles. The van der Waals surface area contributed by atoms with Crippen LogP contribution in [0.3, 0.4) is 0 Å². The zero-order chi connectivity index (χ0) is 13.9. The lowest BCUT2D eigenvalue weighted by Crippen LogP contribution is -2.37. The molecule has 0 aromatic carbocycles. The topological polar surface area (TPSA) is 70.1 Å². The van der Waals surface area contributed by atoms with Gasteiger partial charge in [-0.1, -0.05) is 19.8 Å². The van der Waals surface area contributed by atoms with Crippen LogP contribution in [-0.2, 0) is 6.54 Å². The Labute approximate surface area is 114 Å².